The Morgan fingerprint density at radius 1 is 0.266 bits per heavy atom. The molecule has 0 amide bonds. The van der Waals surface area contributed by atoms with E-state index in [4.69, 9.17) is 0 Å². The molecule has 0 aromatic heterocycles. The molecule has 0 N–H and O–H groups in total. The van der Waals surface area contributed by atoms with Crippen LogP contribution in [0.2, 0.25) is 13.1 Å². The second-order valence-corrected chi connectivity index (χ2v) is 28.1. The molecule has 2 fully saturated rings. The van der Waals surface area contributed by atoms with E-state index in [-0.39, 0.29) is 26.2 Å². The van der Waals surface area contributed by atoms with Crippen LogP contribution in [0.25, 0.3) is 152 Å². The molecule has 2 radical (unpaired) electrons. The van der Waals surface area contributed by atoms with Gasteiger partial charge in [0.25, 0.3) is 0 Å². The second-order valence-electron chi connectivity index (χ2n) is 27.1. The summed E-state index contributed by atoms with van der Waals surface area (Å²) < 4.78 is 0. The Morgan fingerprint density at radius 3 is 0.723 bits per heavy atom. The maximum Gasteiger partial charge on any atom is 2.00 e. The summed E-state index contributed by atoms with van der Waals surface area (Å²) in [5.74, 6) is 1.57. The fourth-order valence-electron chi connectivity index (χ4n) is 16.8. The molecule has 0 spiro atoms. The summed E-state index contributed by atoms with van der Waals surface area (Å²) in [6.45, 7) is 4.31. The van der Waals surface area contributed by atoms with E-state index in [0.717, 1.165) is 21.4 Å². The maximum atomic E-state index is 2.56. The SMILES string of the molecule is C[Si]C.[Zr+2].c1ccc2c(-c3ccc(-c4c5ccccc5cc5ccccc45)c4[cH-]c(CC5CCCCCC5)cc34)c3ccccc3cc2c1.c1ccc2c(-c3ccc(-c4c5ccccc5cc5ccccc45)c4[cH-]c(CC5CCCCCC5)cc34)c3ccccc3cc2c1. The fraction of sp³-hybridized carbons (Fsp3) is 0.196. The van der Waals surface area contributed by atoms with Crippen molar-refractivity contribution in [3.8, 4) is 44.5 Å². The van der Waals surface area contributed by atoms with Gasteiger partial charge in [-0.15, -0.1) is 44.8 Å². The molecule has 0 unspecified atom stereocenters. The van der Waals surface area contributed by atoms with Crippen molar-refractivity contribution in [2.24, 2.45) is 11.8 Å². The average Bonchev–Trinajstić information content (AvgIpc) is 1.36. The molecule has 0 bridgehead atoms. The number of hydrogen-bond donors (Lipinski definition) is 0. The molecule has 0 aliphatic heterocycles. The third kappa shape index (κ3) is 11.8. The summed E-state index contributed by atoms with van der Waals surface area (Å²) in [6.07, 6.45) is 18.9. The monoisotopic (exact) mass is 1300 g/mol. The van der Waals surface area contributed by atoms with Gasteiger partial charge in [0.15, 0.2) is 0 Å². The maximum absolute atomic E-state index is 2.56. The van der Waals surface area contributed by atoms with Crippen LogP contribution in [0.4, 0.5) is 0 Å². The quantitative estimate of drug-likeness (QED) is 0.0616. The first kappa shape index (κ1) is 61.6. The molecule has 16 aromatic carbocycles. The number of rotatable bonds is 8. The molecule has 2 aliphatic rings. The Morgan fingerprint density at radius 2 is 0.479 bits per heavy atom. The molecular formula is C92H80SiZr. The van der Waals surface area contributed by atoms with Gasteiger partial charge in [-0.25, -0.2) is 0 Å². The molecule has 2 aliphatic carbocycles. The zero-order chi connectivity index (χ0) is 62.2. The smallest absolute Gasteiger partial charge is 0.164 e. The minimum absolute atomic E-state index is 0. The second kappa shape index (κ2) is 27.4. The van der Waals surface area contributed by atoms with Crippen LogP contribution in [0, 0.1) is 11.8 Å². The van der Waals surface area contributed by atoms with Crippen molar-refractivity contribution >= 4 is 117 Å². The number of fused-ring (bicyclic) bond motifs is 10. The van der Waals surface area contributed by atoms with E-state index < -0.39 is 0 Å². The van der Waals surface area contributed by atoms with Gasteiger partial charge in [0.05, 0.1) is 0 Å². The van der Waals surface area contributed by atoms with Gasteiger partial charge in [0.2, 0.25) is 0 Å². The minimum Gasteiger partial charge on any atom is -0.164 e. The predicted octanol–water partition coefficient (Wildman–Crippen LogP) is 26.8. The average molecular weight is 1300 g/mol. The van der Waals surface area contributed by atoms with Crippen molar-refractivity contribution in [3.05, 3.63) is 278 Å². The van der Waals surface area contributed by atoms with E-state index in [1.807, 2.05) is 0 Å². The van der Waals surface area contributed by atoms with Crippen LogP contribution >= 0.6 is 0 Å². The molecule has 18 rings (SSSR count). The first-order chi connectivity index (χ1) is 46.0. The molecule has 2 heteroatoms. The van der Waals surface area contributed by atoms with Crippen molar-refractivity contribution in [1.29, 1.82) is 0 Å². The zero-order valence-electron chi connectivity index (χ0n) is 54.5. The molecule has 456 valence electrons. The summed E-state index contributed by atoms with van der Waals surface area (Å²) >= 11 is 0. The molecule has 94 heavy (non-hydrogen) atoms. The third-order valence-corrected chi connectivity index (χ3v) is 21.1. The molecular weight excluding hydrogens is 1220 g/mol. The zero-order valence-corrected chi connectivity index (χ0v) is 57.9. The summed E-state index contributed by atoms with van der Waals surface area (Å²) in [4.78, 5) is 0. The summed E-state index contributed by atoms with van der Waals surface area (Å²) in [5, 5.41) is 26.5. The van der Waals surface area contributed by atoms with Gasteiger partial charge in [-0.05, 0) is 157 Å². The molecule has 0 heterocycles. The van der Waals surface area contributed by atoms with Crippen LogP contribution in [-0.2, 0) is 39.0 Å². The van der Waals surface area contributed by atoms with Gasteiger partial charge in [0, 0.05) is 9.52 Å². The van der Waals surface area contributed by atoms with Gasteiger partial charge < -0.3 is 0 Å². The van der Waals surface area contributed by atoms with Crippen LogP contribution in [-0.4, -0.2) is 9.52 Å². The number of hydrogen-bond acceptors (Lipinski definition) is 0. The van der Waals surface area contributed by atoms with Gasteiger partial charge in [-0.1, -0.05) is 331 Å². The Kier molecular flexibility index (Phi) is 18.0. The molecule has 0 saturated heterocycles. The fourth-order valence-corrected chi connectivity index (χ4v) is 16.8. The van der Waals surface area contributed by atoms with E-state index in [2.05, 4.69) is 280 Å². The Balaban J connectivity index is 0.000000148. The Bertz CT molecular complexity index is 4560. The van der Waals surface area contributed by atoms with Crippen molar-refractivity contribution in [3.63, 3.8) is 0 Å². The van der Waals surface area contributed by atoms with Gasteiger partial charge in [-0.2, -0.15) is 12.1 Å². The van der Waals surface area contributed by atoms with E-state index in [1.165, 1.54) is 253 Å². The molecule has 16 aromatic rings. The van der Waals surface area contributed by atoms with Crippen LogP contribution in [0.5, 0.6) is 0 Å². The van der Waals surface area contributed by atoms with Gasteiger partial charge in [-0.3, -0.25) is 0 Å². The Labute approximate surface area is 576 Å². The van der Waals surface area contributed by atoms with E-state index in [1.54, 1.807) is 0 Å². The van der Waals surface area contributed by atoms with E-state index >= 15 is 0 Å². The topological polar surface area (TPSA) is 0 Å². The third-order valence-electron chi connectivity index (χ3n) is 21.1. The van der Waals surface area contributed by atoms with Crippen molar-refractivity contribution in [2.75, 3.05) is 0 Å². The normalized spacial score (nSPS) is 14.1. The van der Waals surface area contributed by atoms with E-state index in [9.17, 15) is 0 Å². The van der Waals surface area contributed by atoms with Gasteiger partial charge >= 0.3 is 26.2 Å². The van der Waals surface area contributed by atoms with Crippen LogP contribution in [0.15, 0.2) is 267 Å². The first-order valence-corrected chi connectivity index (χ1v) is 36.7. The molecule has 2 saturated carbocycles. The predicted molar refractivity (Wildman–Crippen MR) is 408 cm³/mol. The van der Waals surface area contributed by atoms with Crippen molar-refractivity contribution in [1.82, 2.24) is 0 Å². The van der Waals surface area contributed by atoms with E-state index in [0.29, 0.717) is 0 Å². The van der Waals surface area contributed by atoms with Crippen LogP contribution in [0.3, 0.4) is 0 Å². The standard InChI is InChI=1S/2C45H37.C2H6Si.Zr/c2*1-2-4-14-30(13-3-1)25-31-26-42-40(44-36-19-9-5-15-32(36)28-33-16-6-10-20-37(33)44)23-24-41(43(42)27-31)45-38-21-11-7-17-34(38)29-35-18-8-12-22-39(35)45;1-3-2;/h2*5-12,15-24,26-30H,1-4,13-14,25H2;1-2H3;/q2*-1;;+2. The van der Waals surface area contributed by atoms with Gasteiger partial charge in [0.1, 0.15) is 0 Å². The van der Waals surface area contributed by atoms with Crippen LogP contribution in [0.1, 0.15) is 88.2 Å². The molecule has 0 atom stereocenters. The largest absolute Gasteiger partial charge is 2.00 e. The first-order valence-electron chi connectivity index (χ1n) is 34.7. The summed E-state index contributed by atoms with van der Waals surface area (Å²) in [5.41, 5.74) is 13.8. The van der Waals surface area contributed by atoms with Crippen LogP contribution < -0.4 is 0 Å². The number of benzene rings is 14. The van der Waals surface area contributed by atoms with Crippen molar-refractivity contribution in [2.45, 2.75) is 103 Å². The Hall–Kier alpha value is -8.52. The van der Waals surface area contributed by atoms with Crippen molar-refractivity contribution < 1.29 is 26.2 Å². The minimum atomic E-state index is 0. The summed E-state index contributed by atoms with van der Waals surface area (Å²) in [6, 6.07) is 101. The summed E-state index contributed by atoms with van der Waals surface area (Å²) in [7, 11) is 1.08. The molecule has 0 nitrogen and oxygen atoms in total.